The molecule has 0 unspecified atom stereocenters. The fourth-order valence-corrected chi connectivity index (χ4v) is 2.70. The van der Waals surface area contributed by atoms with Crippen molar-refractivity contribution in [1.82, 2.24) is 10.3 Å². The Balaban J connectivity index is 1.82. The minimum Gasteiger partial charge on any atom is -0.387 e. The Morgan fingerprint density at radius 1 is 1.38 bits per heavy atom. The molecule has 112 valence electrons. The van der Waals surface area contributed by atoms with Crippen molar-refractivity contribution in [2.75, 3.05) is 5.32 Å². The van der Waals surface area contributed by atoms with Crippen LogP contribution in [0.25, 0.3) is 0 Å². The molecule has 6 heteroatoms. The zero-order chi connectivity index (χ0) is 15.2. The third-order valence-corrected chi connectivity index (χ3v) is 3.93. The number of carbonyl (C=O) groups is 1. The van der Waals surface area contributed by atoms with E-state index < -0.39 is 6.10 Å². The van der Waals surface area contributed by atoms with Crippen LogP contribution < -0.4 is 10.6 Å². The predicted octanol–water partition coefficient (Wildman–Crippen LogP) is 3.09. The van der Waals surface area contributed by atoms with Gasteiger partial charge in [-0.25, -0.2) is 9.78 Å². The van der Waals surface area contributed by atoms with E-state index in [4.69, 9.17) is 0 Å². The second-order valence-corrected chi connectivity index (χ2v) is 5.91. The zero-order valence-electron chi connectivity index (χ0n) is 12.0. The topological polar surface area (TPSA) is 74.2 Å². The van der Waals surface area contributed by atoms with Gasteiger partial charge in [-0.2, -0.15) is 0 Å². The summed E-state index contributed by atoms with van der Waals surface area (Å²) in [4.78, 5) is 17.0. The van der Waals surface area contributed by atoms with Gasteiger partial charge in [-0.1, -0.05) is 12.1 Å². The normalized spacial score (nSPS) is 13.5. The van der Waals surface area contributed by atoms with E-state index in [1.165, 1.54) is 11.3 Å². The summed E-state index contributed by atoms with van der Waals surface area (Å²) in [6.45, 7) is 3.73. The van der Waals surface area contributed by atoms with Crippen molar-refractivity contribution in [1.29, 1.82) is 0 Å². The van der Waals surface area contributed by atoms with Gasteiger partial charge in [0.05, 0.1) is 6.10 Å². The minimum atomic E-state index is -0.558. The summed E-state index contributed by atoms with van der Waals surface area (Å²) in [5, 5.41) is 17.4. The van der Waals surface area contributed by atoms with E-state index >= 15 is 0 Å². The van der Waals surface area contributed by atoms with Crippen LogP contribution in [0.5, 0.6) is 0 Å². The highest BCUT2D eigenvalue weighted by atomic mass is 32.1. The van der Waals surface area contributed by atoms with Gasteiger partial charge in [-0.3, -0.25) is 5.32 Å². The molecule has 2 rings (SSSR count). The van der Waals surface area contributed by atoms with Crippen LogP contribution in [0, 0.1) is 6.92 Å². The molecule has 2 aromatic rings. The number of nitrogens with zero attached hydrogens (tertiary/aromatic N) is 1. The second kappa shape index (κ2) is 7.19. The van der Waals surface area contributed by atoms with Gasteiger partial charge in [-0.15, -0.1) is 11.3 Å². The Hall–Kier alpha value is -1.92. The quantitative estimate of drug-likeness (QED) is 0.794. The summed E-state index contributed by atoms with van der Waals surface area (Å²) in [7, 11) is 0. The highest BCUT2D eigenvalue weighted by Crippen LogP contribution is 2.22. The zero-order valence-corrected chi connectivity index (χ0v) is 12.9. The van der Waals surface area contributed by atoms with Crippen molar-refractivity contribution in [3.8, 4) is 0 Å². The van der Waals surface area contributed by atoms with Gasteiger partial charge in [0.1, 0.15) is 5.82 Å². The van der Waals surface area contributed by atoms with Crippen molar-refractivity contribution in [3.05, 3.63) is 46.3 Å². The number of anilines is 1. The number of carbonyl (C=O) groups excluding carboxylic acids is 1. The van der Waals surface area contributed by atoms with Crippen molar-refractivity contribution in [2.45, 2.75) is 32.4 Å². The maximum atomic E-state index is 11.9. The lowest BCUT2D eigenvalue weighted by molar-refractivity contribution is 0.158. The van der Waals surface area contributed by atoms with Gasteiger partial charge >= 0.3 is 6.03 Å². The molecule has 0 aromatic carbocycles. The largest absolute Gasteiger partial charge is 0.387 e. The molecule has 3 N–H and O–H groups in total. The number of hydrogen-bond donors (Lipinski definition) is 3. The molecular formula is C15H19N3O2S. The van der Waals surface area contributed by atoms with Crippen molar-refractivity contribution < 1.29 is 9.90 Å². The molecule has 2 heterocycles. The third kappa shape index (κ3) is 4.84. The van der Waals surface area contributed by atoms with Gasteiger partial charge in [0.25, 0.3) is 0 Å². The molecule has 21 heavy (non-hydrogen) atoms. The maximum Gasteiger partial charge on any atom is 0.320 e. The summed E-state index contributed by atoms with van der Waals surface area (Å²) >= 11 is 1.51. The summed E-state index contributed by atoms with van der Waals surface area (Å²) < 4.78 is 0. The SMILES string of the molecule is Cc1cccc(NC(=O)N[C@@H](C)C[C@H](O)c2cccs2)n1. The van der Waals surface area contributed by atoms with Crippen molar-refractivity contribution in [3.63, 3.8) is 0 Å². The molecule has 0 bridgehead atoms. The number of pyridine rings is 1. The van der Waals surface area contributed by atoms with Crippen molar-refractivity contribution >= 4 is 23.2 Å². The summed E-state index contributed by atoms with van der Waals surface area (Å²) in [6.07, 6.45) is -0.0905. The fraction of sp³-hybridized carbons (Fsp3) is 0.333. The molecule has 0 aliphatic rings. The molecule has 0 saturated carbocycles. The number of urea groups is 1. The molecule has 0 aliphatic carbocycles. The Labute approximate surface area is 128 Å². The van der Waals surface area contributed by atoms with Crippen LogP contribution in [0.4, 0.5) is 10.6 Å². The fourth-order valence-electron chi connectivity index (χ4n) is 1.98. The van der Waals surface area contributed by atoms with Crippen LogP contribution in [0.15, 0.2) is 35.7 Å². The number of aliphatic hydroxyl groups is 1. The van der Waals surface area contributed by atoms with Gasteiger partial charge in [0.15, 0.2) is 0 Å². The molecule has 5 nitrogen and oxygen atoms in total. The second-order valence-electron chi connectivity index (χ2n) is 4.93. The molecule has 2 amide bonds. The highest BCUT2D eigenvalue weighted by Gasteiger charge is 2.15. The van der Waals surface area contributed by atoms with Crippen LogP contribution in [0.1, 0.15) is 30.0 Å². The van der Waals surface area contributed by atoms with E-state index in [1.54, 1.807) is 6.07 Å². The minimum absolute atomic E-state index is 0.146. The summed E-state index contributed by atoms with van der Waals surface area (Å²) in [6, 6.07) is 8.75. The molecule has 0 aliphatic heterocycles. The number of rotatable bonds is 5. The first-order valence-corrected chi connectivity index (χ1v) is 7.65. The van der Waals surface area contributed by atoms with E-state index in [1.807, 2.05) is 43.5 Å². The number of aryl methyl sites for hydroxylation is 1. The first kappa shape index (κ1) is 15.5. The summed E-state index contributed by atoms with van der Waals surface area (Å²) in [5.41, 5.74) is 0.842. The number of aromatic nitrogens is 1. The Kier molecular flexibility index (Phi) is 5.30. The van der Waals surface area contributed by atoms with Crippen LogP contribution in [0.2, 0.25) is 0 Å². The monoisotopic (exact) mass is 305 g/mol. The first-order valence-electron chi connectivity index (χ1n) is 6.77. The highest BCUT2D eigenvalue weighted by molar-refractivity contribution is 7.10. The van der Waals surface area contributed by atoms with E-state index in [2.05, 4.69) is 15.6 Å². The average Bonchev–Trinajstić information content (AvgIpc) is 2.91. The molecule has 2 atom stereocenters. The number of hydrogen-bond acceptors (Lipinski definition) is 4. The third-order valence-electron chi connectivity index (χ3n) is 2.96. The van der Waals surface area contributed by atoms with Crippen molar-refractivity contribution in [2.24, 2.45) is 0 Å². The number of amides is 2. The van der Waals surface area contributed by atoms with Gasteiger partial charge in [-0.05, 0) is 43.8 Å². The van der Waals surface area contributed by atoms with Crippen LogP contribution in [-0.4, -0.2) is 22.2 Å². The maximum absolute atomic E-state index is 11.9. The van der Waals surface area contributed by atoms with Gasteiger partial charge in [0.2, 0.25) is 0 Å². The lowest BCUT2D eigenvalue weighted by atomic mass is 10.1. The summed E-state index contributed by atoms with van der Waals surface area (Å²) in [5.74, 6) is 0.513. The van der Waals surface area contributed by atoms with E-state index in [0.29, 0.717) is 12.2 Å². The number of aliphatic hydroxyl groups excluding tert-OH is 1. The molecule has 0 radical (unpaired) electrons. The predicted molar refractivity (Wildman–Crippen MR) is 84.5 cm³/mol. The molecule has 0 saturated heterocycles. The number of nitrogens with one attached hydrogen (secondary N) is 2. The van der Waals surface area contributed by atoms with E-state index in [-0.39, 0.29) is 12.1 Å². The van der Waals surface area contributed by atoms with Gasteiger partial charge in [0, 0.05) is 16.6 Å². The molecule has 0 spiro atoms. The van der Waals surface area contributed by atoms with E-state index in [0.717, 1.165) is 10.6 Å². The smallest absolute Gasteiger partial charge is 0.320 e. The lowest BCUT2D eigenvalue weighted by Crippen LogP contribution is -2.37. The Morgan fingerprint density at radius 3 is 2.86 bits per heavy atom. The Bertz CT molecular complexity index is 586. The van der Waals surface area contributed by atoms with Crippen LogP contribution in [0.3, 0.4) is 0 Å². The average molecular weight is 305 g/mol. The Morgan fingerprint density at radius 2 is 2.19 bits per heavy atom. The van der Waals surface area contributed by atoms with Gasteiger partial charge < -0.3 is 10.4 Å². The van der Waals surface area contributed by atoms with Crippen LogP contribution in [-0.2, 0) is 0 Å². The molecular weight excluding hydrogens is 286 g/mol. The lowest BCUT2D eigenvalue weighted by Gasteiger charge is -2.17. The number of thiophene rings is 1. The molecule has 2 aromatic heterocycles. The van der Waals surface area contributed by atoms with Crippen LogP contribution >= 0.6 is 11.3 Å². The molecule has 0 fully saturated rings. The first-order chi connectivity index (χ1) is 10.0. The standard InChI is InChI=1S/C15H19N3O2S/c1-10-5-3-7-14(16-10)18-15(20)17-11(2)9-12(19)13-6-4-8-21-13/h3-8,11-12,19H,9H2,1-2H3,(H2,16,17,18,20)/t11-,12-/m0/s1. The van der Waals surface area contributed by atoms with E-state index in [9.17, 15) is 9.90 Å².